The van der Waals surface area contributed by atoms with Gasteiger partial charge in [-0.2, -0.15) is 0 Å². The van der Waals surface area contributed by atoms with E-state index in [1.165, 1.54) is 11.3 Å². The van der Waals surface area contributed by atoms with Gasteiger partial charge in [0.2, 0.25) is 0 Å². The van der Waals surface area contributed by atoms with Crippen LogP contribution in [0.5, 0.6) is 5.75 Å². The molecule has 0 radical (unpaired) electrons. The van der Waals surface area contributed by atoms with Gasteiger partial charge in [-0.25, -0.2) is 4.98 Å². The summed E-state index contributed by atoms with van der Waals surface area (Å²) in [7, 11) is 1.63. The zero-order valence-corrected chi connectivity index (χ0v) is 15.6. The van der Waals surface area contributed by atoms with Gasteiger partial charge in [0.15, 0.2) is 0 Å². The summed E-state index contributed by atoms with van der Waals surface area (Å²) >= 11 is 13.3. The number of amides is 1. The monoisotopic (exact) mass is 392 g/mol. The van der Waals surface area contributed by atoms with Crippen molar-refractivity contribution in [1.29, 1.82) is 0 Å². The van der Waals surface area contributed by atoms with E-state index in [0.29, 0.717) is 27.8 Å². The predicted octanol–water partition coefficient (Wildman–Crippen LogP) is 5.30. The Balaban J connectivity index is 1.68. The molecule has 1 N–H and O–H groups in total. The highest BCUT2D eigenvalue weighted by Crippen LogP contribution is 2.23. The molecule has 0 aliphatic heterocycles. The van der Waals surface area contributed by atoms with Gasteiger partial charge in [0, 0.05) is 27.5 Å². The van der Waals surface area contributed by atoms with E-state index >= 15 is 0 Å². The average molecular weight is 393 g/mol. The Morgan fingerprint density at radius 2 is 1.84 bits per heavy atom. The topological polar surface area (TPSA) is 51.2 Å². The van der Waals surface area contributed by atoms with Crippen LogP contribution in [0, 0.1) is 0 Å². The molecule has 0 fully saturated rings. The first-order chi connectivity index (χ1) is 12.0. The number of anilines is 1. The van der Waals surface area contributed by atoms with E-state index in [1.54, 1.807) is 30.7 Å². The van der Waals surface area contributed by atoms with Crippen molar-refractivity contribution in [2.45, 2.75) is 6.42 Å². The van der Waals surface area contributed by atoms with Gasteiger partial charge in [0.05, 0.1) is 12.1 Å². The summed E-state index contributed by atoms with van der Waals surface area (Å²) < 4.78 is 5.14. The van der Waals surface area contributed by atoms with E-state index in [-0.39, 0.29) is 5.91 Å². The minimum absolute atomic E-state index is 0.296. The second kappa shape index (κ2) is 7.87. The highest BCUT2D eigenvalue weighted by atomic mass is 35.5. The molecule has 3 rings (SSSR count). The number of nitrogens with zero attached hydrogens (tertiary/aromatic N) is 1. The number of benzene rings is 2. The van der Waals surface area contributed by atoms with Gasteiger partial charge in [-0.1, -0.05) is 35.3 Å². The lowest BCUT2D eigenvalue weighted by Crippen LogP contribution is -2.12. The van der Waals surface area contributed by atoms with Gasteiger partial charge in [-0.3, -0.25) is 4.79 Å². The molecule has 0 atom stereocenters. The van der Waals surface area contributed by atoms with Crippen molar-refractivity contribution in [2.75, 3.05) is 12.4 Å². The molecule has 0 aliphatic rings. The van der Waals surface area contributed by atoms with E-state index in [9.17, 15) is 4.79 Å². The van der Waals surface area contributed by atoms with Gasteiger partial charge in [-0.05, 0) is 35.9 Å². The predicted molar refractivity (Wildman–Crippen MR) is 102 cm³/mol. The Bertz CT molecular complexity index is 874. The summed E-state index contributed by atoms with van der Waals surface area (Å²) in [5.41, 5.74) is 2.00. The molecule has 0 unspecified atom stereocenters. The van der Waals surface area contributed by atoms with E-state index in [1.807, 2.05) is 24.3 Å². The molecule has 3 aromatic rings. The van der Waals surface area contributed by atoms with Gasteiger partial charge >= 0.3 is 0 Å². The molecular weight excluding hydrogens is 379 g/mol. The highest BCUT2D eigenvalue weighted by molar-refractivity contribution is 7.09. The van der Waals surface area contributed by atoms with Crippen LogP contribution >= 0.6 is 34.5 Å². The Kier molecular flexibility index (Phi) is 5.58. The van der Waals surface area contributed by atoms with Crippen LogP contribution in [0.4, 0.5) is 5.69 Å². The lowest BCUT2D eigenvalue weighted by Gasteiger charge is -2.04. The maximum atomic E-state index is 12.3. The number of thiazole rings is 1. The first-order valence-electron chi connectivity index (χ1n) is 7.38. The van der Waals surface area contributed by atoms with Gasteiger partial charge in [0.25, 0.3) is 5.91 Å². The highest BCUT2D eigenvalue weighted by Gasteiger charge is 2.12. The zero-order valence-electron chi connectivity index (χ0n) is 13.3. The number of hydrogen-bond acceptors (Lipinski definition) is 4. The first kappa shape index (κ1) is 17.7. The molecule has 25 heavy (non-hydrogen) atoms. The van der Waals surface area contributed by atoms with Crippen molar-refractivity contribution in [3.8, 4) is 5.75 Å². The molecule has 0 spiro atoms. The largest absolute Gasteiger partial charge is 0.497 e. The summed E-state index contributed by atoms with van der Waals surface area (Å²) in [5, 5.41) is 6.27. The lowest BCUT2D eigenvalue weighted by molar-refractivity contribution is 0.102. The van der Waals surface area contributed by atoms with Crippen molar-refractivity contribution in [1.82, 2.24) is 4.98 Å². The number of aromatic nitrogens is 1. The second-order valence-electron chi connectivity index (χ2n) is 5.26. The van der Waals surface area contributed by atoms with Crippen LogP contribution in [0.2, 0.25) is 10.0 Å². The molecule has 0 aliphatic carbocycles. The minimum atomic E-state index is -0.296. The third-order valence-corrected chi connectivity index (χ3v) is 4.70. The van der Waals surface area contributed by atoms with E-state index in [2.05, 4.69) is 10.3 Å². The maximum absolute atomic E-state index is 12.3. The van der Waals surface area contributed by atoms with Crippen LogP contribution in [0.15, 0.2) is 47.8 Å². The number of methoxy groups -OCH3 is 1. The quantitative estimate of drug-likeness (QED) is 0.640. The van der Waals surface area contributed by atoms with Gasteiger partial charge < -0.3 is 10.1 Å². The van der Waals surface area contributed by atoms with Crippen molar-refractivity contribution >= 4 is 46.1 Å². The molecule has 0 saturated heterocycles. The number of carbonyl (C=O) groups excluding carboxylic acids is 1. The molecule has 4 nitrogen and oxygen atoms in total. The minimum Gasteiger partial charge on any atom is -0.497 e. The standard InChI is InChI=1S/C18H14Cl2N2O2S/c1-24-15-4-2-11(3-5-15)6-17-22-16(10-25-17)18(23)21-14-8-12(19)7-13(20)9-14/h2-5,7-10H,6H2,1H3,(H,21,23). The number of hydrogen-bond donors (Lipinski definition) is 1. The summed E-state index contributed by atoms with van der Waals surface area (Å²) in [6, 6.07) is 12.6. The lowest BCUT2D eigenvalue weighted by atomic mass is 10.1. The van der Waals surface area contributed by atoms with E-state index in [4.69, 9.17) is 27.9 Å². The summed E-state index contributed by atoms with van der Waals surface area (Å²) in [5.74, 6) is 0.513. The molecule has 7 heteroatoms. The number of ether oxygens (including phenoxy) is 1. The average Bonchev–Trinajstić information content (AvgIpc) is 3.03. The number of halogens is 2. The Morgan fingerprint density at radius 3 is 2.48 bits per heavy atom. The number of nitrogens with one attached hydrogen (secondary N) is 1. The fraction of sp³-hybridized carbons (Fsp3) is 0.111. The van der Waals surface area contributed by atoms with Crippen LogP contribution in [0.3, 0.4) is 0 Å². The molecular formula is C18H14Cl2N2O2S. The van der Waals surface area contributed by atoms with Crippen LogP contribution < -0.4 is 10.1 Å². The third-order valence-electron chi connectivity index (χ3n) is 3.42. The maximum Gasteiger partial charge on any atom is 0.275 e. The van der Waals surface area contributed by atoms with Crippen molar-refractivity contribution in [3.63, 3.8) is 0 Å². The van der Waals surface area contributed by atoms with Gasteiger partial charge in [0.1, 0.15) is 11.4 Å². The van der Waals surface area contributed by atoms with Crippen LogP contribution in [0.25, 0.3) is 0 Å². The van der Waals surface area contributed by atoms with Gasteiger partial charge in [-0.15, -0.1) is 11.3 Å². The second-order valence-corrected chi connectivity index (χ2v) is 7.08. The number of rotatable bonds is 5. The fourth-order valence-corrected chi connectivity index (χ4v) is 3.57. The molecule has 0 saturated carbocycles. The van der Waals surface area contributed by atoms with Crippen LogP contribution in [0.1, 0.15) is 21.1 Å². The smallest absolute Gasteiger partial charge is 0.275 e. The van der Waals surface area contributed by atoms with Crippen LogP contribution in [-0.4, -0.2) is 18.0 Å². The summed E-state index contributed by atoms with van der Waals surface area (Å²) in [6.45, 7) is 0. The molecule has 1 amide bonds. The Hall–Kier alpha value is -2.08. The zero-order chi connectivity index (χ0) is 17.8. The van der Waals surface area contributed by atoms with Crippen molar-refractivity contribution < 1.29 is 9.53 Å². The molecule has 2 aromatic carbocycles. The van der Waals surface area contributed by atoms with Crippen molar-refractivity contribution in [3.05, 3.63) is 74.2 Å². The Morgan fingerprint density at radius 1 is 1.16 bits per heavy atom. The first-order valence-corrected chi connectivity index (χ1v) is 9.02. The molecule has 1 heterocycles. The Labute approximate surface area is 159 Å². The van der Waals surface area contributed by atoms with E-state index < -0.39 is 0 Å². The molecule has 128 valence electrons. The SMILES string of the molecule is COc1ccc(Cc2nc(C(=O)Nc3cc(Cl)cc(Cl)c3)cs2)cc1. The number of carbonyl (C=O) groups is 1. The molecule has 0 bridgehead atoms. The molecule has 1 aromatic heterocycles. The summed E-state index contributed by atoms with van der Waals surface area (Å²) in [6.07, 6.45) is 0.658. The normalized spacial score (nSPS) is 10.5. The van der Waals surface area contributed by atoms with E-state index in [0.717, 1.165) is 16.3 Å². The third kappa shape index (κ3) is 4.72. The van der Waals surface area contributed by atoms with Crippen molar-refractivity contribution in [2.24, 2.45) is 0 Å². The van der Waals surface area contributed by atoms with Crippen LogP contribution in [-0.2, 0) is 6.42 Å². The fourth-order valence-electron chi connectivity index (χ4n) is 2.24. The summed E-state index contributed by atoms with van der Waals surface area (Å²) in [4.78, 5) is 16.7.